The van der Waals surface area contributed by atoms with Crippen molar-refractivity contribution in [1.82, 2.24) is 10.2 Å². The molecule has 1 unspecified atom stereocenters. The molecule has 1 aromatic heterocycles. The lowest BCUT2D eigenvalue weighted by Crippen LogP contribution is -2.49. The zero-order valence-corrected chi connectivity index (χ0v) is 15.5. The number of amides is 1. The van der Waals surface area contributed by atoms with Crippen LogP contribution in [0.2, 0.25) is 0 Å². The summed E-state index contributed by atoms with van der Waals surface area (Å²) in [5.41, 5.74) is 0.841. The Morgan fingerprint density at radius 2 is 2.22 bits per heavy atom. The Morgan fingerprint density at radius 1 is 1.39 bits per heavy atom. The van der Waals surface area contributed by atoms with Gasteiger partial charge in [0.25, 0.3) is 0 Å². The van der Waals surface area contributed by atoms with E-state index in [1.54, 1.807) is 17.4 Å². The summed E-state index contributed by atoms with van der Waals surface area (Å²) in [5, 5.41) is 3.28. The quantitative estimate of drug-likeness (QED) is 0.821. The van der Waals surface area contributed by atoms with E-state index in [1.807, 2.05) is 23.1 Å². The van der Waals surface area contributed by atoms with E-state index in [0.29, 0.717) is 19.5 Å². The molecule has 1 aliphatic rings. The number of nitrogens with one attached hydrogen (secondary N) is 1. The molecular weight excluding hydrogens is 403 g/mol. The van der Waals surface area contributed by atoms with Crippen molar-refractivity contribution in [3.63, 3.8) is 0 Å². The predicted octanol–water partition coefficient (Wildman–Crippen LogP) is 3.79. The minimum atomic E-state index is -0.266. The van der Waals surface area contributed by atoms with Crippen LogP contribution >= 0.6 is 39.7 Å². The van der Waals surface area contributed by atoms with Crippen molar-refractivity contribution >= 4 is 45.6 Å². The first-order chi connectivity index (χ1) is 10.6. The van der Waals surface area contributed by atoms with Crippen molar-refractivity contribution in [3.05, 3.63) is 56.4 Å². The molecular formula is C16H17BrClFN2OS. The third-order valence-corrected chi connectivity index (χ3v) is 5.38. The van der Waals surface area contributed by atoms with Crippen molar-refractivity contribution in [2.45, 2.75) is 12.5 Å². The van der Waals surface area contributed by atoms with E-state index < -0.39 is 0 Å². The highest BCUT2D eigenvalue weighted by atomic mass is 79.9. The molecule has 23 heavy (non-hydrogen) atoms. The van der Waals surface area contributed by atoms with E-state index in [-0.39, 0.29) is 30.2 Å². The maximum atomic E-state index is 13.5. The number of benzene rings is 1. The SMILES string of the molecule is Cl.O=C(Cc1ccc(Br)s1)N1CCNCC1c1cccc(F)c1. The molecule has 0 radical (unpaired) electrons. The Bertz CT molecular complexity index is 682. The van der Waals surface area contributed by atoms with Crippen LogP contribution in [-0.2, 0) is 11.2 Å². The smallest absolute Gasteiger partial charge is 0.228 e. The van der Waals surface area contributed by atoms with Crippen LogP contribution in [0.5, 0.6) is 0 Å². The van der Waals surface area contributed by atoms with Crippen LogP contribution in [0.4, 0.5) is 4.39 Å². The molecule has 3 nitrogen and oxygen atoms in total. The number of thiophene rings is 1. The molecule has 0 spiro atoms. The molecule has 1 fully saturated rings. The maximum Gasteiger partial charge on any atom is 0.228 e. The fourth-order valence-electron chi connectivity index (χ4n) is 2.71. The summed E-state index contributed by atoms with van der Waals surface area (Å²) in [6.07, 6.45) is 0.391. The van der Waals surface area contributed by atoms with Crippen LogP contribution in [0.25, 0.3) is 0 Å². The van der Waals surface area contributed by atoms with Gasteiger partial charge < -0.3 is 10.2 Å². The predicted molar refractivity (Wildman–Crippen MR) is 96.7 cm³/mol. The van der Waals surface area contributed by atoms with E-state index in [9.17, 15) is 9.18 Å². The summed E-state index contributed by atoms with van der Waals surface area (Å²) in [5.74, 6) is -0.178. The molecule has 7 heteroatoms. The van der Waals surface area contributed by atoms with Gasteiger partial charge in [-0.3, -0.25) is 4.79 Å². The van der Waals surface area contributed by atoms with Gasteiger partial charge in [-0.25, -0.2) is 4.39 Å². The molecule has 124 valence electrons. The van der Waals surface area contributed by atoms with Gasteiger partial charge in [-0.1, -0.05) is 12.1 Å². The minimum Gasteiger partial charge on any atom is -0.333 e. The van der Waals surface area contributed by atoms with Gasteiger partial charge in [0.15, 0.2) is 0 Å². The number of piperazine rings is 1. The summed E-state index contributed by atoms with van der Waals surface area (Å²) >= 11 is 4.99. The molecule has 2 heterocycles. The summed E-state index contributed by atoms with van der Waals surface area (Å²) < 4.78 is 14.5. The highest BCUT2D eigenvalue weighted by Gasteiger charge is 2.28. The van der Waals surface area contributed by atoms with Gasteiger partial charge in [-0.15, -0.1) is 23.7 Å². The van der Waals surface area contributed by atoms with Gasteiger partial charge >= 0.3 is 0 Å². The Kier molecular flexibility index (Phi) is 6.59. The van der Waals surface area contributed by atoms with Crippen LogP contribution in [-0.4, -0.2) is 30.4 Å². The number of nitrogens with zero attached hydrogens (tertiary/aromatic N) is 1. The third-order valence-electron chi connectivity index (χ3n) is 3.75. The van der Waals surface area contributed by atoms with Crippen molar-refractivity contribution in [1.29, 1.82) is 0 Å². The number of carbonyl (C=O) groups excluding carboxylic acids is 1. The molecule has 0 saturated carbocycles. The van der Waals surface area contributed by atoms with Crippen LogP contribution in [0, 0.1) is 5.82 Å². The van der Waals surface area contributed by atoms with E-state index in [1.165, 1.54) is 12.1 Å². The maximum absolute atomic E-state index is 13.5. The van der Waals surface area contributed by atoms with Crippen molar-refractivity contribution in [3.8, 4) is 0 Å². The summed E-state index contributed by atoms with van der Waals surface area (Å²) in [6.45, 7) is 2.07. The second kappa shape index (κ2) is 8.24. The Labute approximate surface area is 153 Å². The zero-order chi connectivity index (χ0) is 15.5. The van der Waals surface area contributed by atoms with Crippen molar-refractivity contribution < 1.29 is 9.18 Å². The molecule has 2 aromatic rings. The summed E-state index contributed by atoms with van der Waals surface area (Å²) in [4.78, 5) is 15.5. The lowest BCUT2D eigenvalue weighted by atomic mass is 10.0. The zero-order valence-electron chi connectivity index (χ0n) is 12.3. The standard InChI is InChI=1S/C16H16BrFN2OS.ClH/c17-15-5-4-13(22-15)9-16(21)20-7-6-19-10-14(20)11-2-1-3-12(18)8-11;/h1-5,8,14,19H,6-7,9-10H2;1H. The molecule has 1 aliphatic heterocycles. The Morgan fingerprint density at radius 3 is 2.91 bits per heavy atom. The first-order valence-corrected chi connectivity index (χ1v) is 8.74. The minimum absolute atomic E-state index is 0. The molecule has 0 bridgehead atoms. The van der Waals surface area contributed by atoms with Gasteiger partial charge in [0.2, 0.25) is 5.91 Å². The van der Waals surface area contributed by atoms with E-state index in [2.05, 4.69) is 21.2 Å². The first kappa shape index (κ1) is 18.4. The average molecular weight is 420 g/mol. The lowest BCUT2D eigenvalue weighted by Gasteiger charge is -2.36. The van der Waals surface area contributed by atoms with Crippen LogP contribution in [0.3, 0.4) is 0 Å². The van der Waals surface area contributed by atoms with Gasteiger partial charge in [0.1, 0.15) is 5.82 Å². The van der Waals surface area contributed by atoms with E-state index in [0.717, 1.165) is 20.8 Å². The van der Waals surface area contributed by atoms with Gasteiger partial charge in [0, 0.05) is 24.5 Å². The summed E-state index contributed by atoms with van der Waals surface area (Å²) in [7, 11) is 0. The first-order valence-electron chi connectivity index (χ1n) is 7.13. The van der Waals surface area contributed by atoms with Gasteiger partial charge in [-0.05, 0) is 45.8 Å². The van der Waals surface area contributed by atoms with E-state index in [4.69, 9.17) is 0 Å². The average Bonchev–Trinajstić information content (AvgIpc) is 2.92. The molecule has 0 aliphatic carbocycles. The second-order valence-electron chi connectivity index (χ2n) is 5.24. The Hall–Kier alpha value is -0.950. The third kappa shape index (κ3) is 4.53. The van der Waals surface area contributed by atoms with Crippen molar-refractivity contribution in [2.24, 2.45) is 0 Å². The number of halogens is 3. The molecule has 1 N–H and O–H groups in total. The second-order valence-corrected chi connectivity index (χ2v) is 7.79. The lowest BCUT2D eigenvalue weighted by molar-refractivity contribution is -0.133. The number of carbonyl (C=O) groups is 1. The Balaban J connectivity index is 0.00000192. The number of rotatable bonds is 3. The number of hydrogen-bond donors (Lipinski definition) is 1. The normalized spacial score (nSPS) is 17.7. The van der Waals surface area contributed by atoms with Crippen LogP contribution in [0.1, 0.15) is 16.5 Å². The molecule has 1 amide bonds. The fraction of sp³-hybridized carbons (Fsp3) is 0.312. The molecule has 1 aromatic carbocycles. The molecule has 3 rings (SSSR count). The topological polar surface area (TPSA) is 32.3 Å². The largest absolute Gasteiger partial charge is 0.333 e. The van der Waals surface area contributed by atoms with Crippen molar-refractivity contribution in [2.75, 3.05) is 19.6 Å². The highest BCUT2D eigenvalue weighted by molar-refractivity contribution is 9.11. The number of hydrogen-bond acceptors (Lipinski definition) is 3. The van der Waals surface area contributed by atoms with Crippen LogP contribution in [0.15, 0.2) is 40.2 Å². The monoisotopic (exact) mass is 418 g/mol. The highest BCUT2D eigenvalue weighted by Crippen LogP contribution is 2.26. The van der Waals surface area contributed by atoms with Gasteiger partial charge in [-0.2, -0.15) is 0 Å². The molecule has 1 saturated heterocycles. The van der Waals surface area contributed by atoms with Gasteiger partial charge in [0.05, 0.1) is 16.2 Å². The molecule has 1 atom stereocenters. The summed E-state index contributed by atoms with van der Waals surface area (Å²) in [6, 6.07) is 10.3. The van der Waals surface area contributed by atoms with Crippen LogP contribution < -0.4 is 5.32 Å². The fourth-order valence-corrected chi connectivity index (χ4v) is 4.19. The van der Waals surface area contributed by atoms with E-state index >= 15 is 0 Å².